The Kier molecular flexibility index (Phi) is 2.71. The van der Waals surface area contributed by atoms with Gasteiger partial charge in [0.2, 0.25) is 5.78 Å². The van der Waals surface area contributed by atoms with Crippen LogP contribution in [0, 0.1) is 5.41 Å². The molecule has 1 aromatic carbocycles. The molecule has 5 rings (SSSR count). The fourth-order valence-corrected chi connectivity index (χ4v) is 3.68. The summed E-state index contributed by atoms with van der Waals surface area (Å²) in [5.41, 5.74) is 1.72. The van der Waals surface area contributed by atoms with Gasteiger partial charge >= 0.3 is 0 Å². The molecular weight excluding hydrogens is 304 g/mol. The quantitative estimate of drug-likeness (QED) is 0.686. The first-order valence-corrected chi connectivity index (χ1v) is 8.02. The first-order valence-electron chi connectivity index (χ1n) is 8.02. The molecule has 0 atom stereocenters. The van der Waals surface area contributed by atoms with E-state index in [1.165, 1.54) is 5.56 Å². The lowest BCUT2D eigenvalue weighted by Gasteiger charge is -2.51. The highest BCUT2D eigenvalue weighted by atomic mass is 16.5. The monoisotopic (exact) mass is 320 g/mol. The summed E-state index contributed by atoms with van der Waals surface area (Å²) >= 11 is 0. The van der Waals surface area contributed by atoms with Gasteiger partial charge in [0.15, 0.2) is 0 Å². The molecule has 3 aromatic rings. The largest absolute Gasteiger partial charge is 0.493 e. The minimum atomic E-state index is -0.0371. The molecule has 0 N–H and O–H groups in total. The fourth-order valence-electron chi connectivity index (χ4n) is 3.68. The molecule has 2 aromatic heterocycles. The van der Waals surface area contributed by atoms with E-state index < -0.39 is 0 Å². The van der Waals surface area contributed by atoms with Gasteiger partial charge < -0.3 is 9.64 Å². The Balaban J connectivity index is 1.33. The number of para-hydroxylation sites is 1. The SMILES string of the molecule is O=C(c1cn2cccnc2n1)N1CC2(COc3ccccc3C2)C1. The normalized spacial score (nSPS) is 18.1. The van der Waals surface area contributed by atoms with Gasteiger partial charge in [0, 0.05) is 37.1 Å². The van der Waals surface area contributed by atoms with Crippen LogP contribution in [0.25, 0.3) is 5.78 Å². The summed E-state index contributed by atoms with van der Waals surface area (Å²) < 4.78 is 7.66. The second-order valence-electron chi connectivity index (χ2n) is 6.69. The van der Waals surface area contributed by atoms with Crippen molar-refractivity contribution in [3.05, 3.63) is 60.2 Å². The minimum absolute atomic E-state index is 0.0371. The molecule has 0 bridgehead atoms. The van der Waals surface area contributed by atoms with Crippen LogP contribution >= 0.6 is 0 Å². The highest BCUT2D eigenvalue weighted by molar-refractivity contribution is 5.93. The Bertz CT molecular complexity index is 910. The van der Waals surface area contributed by atoms with E-state index >= 15 is 0 Å². The maximum absolute atomic E-state index is 12.6. The van der Waals surface area contributed by atoms with E-state index in [1.54, 1.807) is 16.8 Å². The standard InChI is InChI=1S/C18H16N4O2/c23-16(14-9-21-7-3-6-19-17(21)20-14)22-10-18(11-22)8-13-4-1-2-5-15(13)24-12-18/h1-7,9H,8,10-12H2. The fraction of sp³-hybridized carbons (Fsp3) is 0.278. The van der Waals surface area contributed by atoms with Gasteiger partial charge in [-0.15, -0.1) is 0 Å². The summed E-state index contributed by atoms with van der Waals surface area (Å²) in [6.45, 7) is 2.09. The number of carbonyl (C=O) groups is 1. The molecule has 0 aliphatic carbocycles. The van der Waals surface area contributed by atoms with Gasteiger partial charge in [0.25, 0.3) is 5.91 Å². The smallest absolute Gasteiger partial charge is 0.274 e. The van der Waals surface area contributed by atoms with Crippen molar-refractivity contribution in [3.63, 3.8) is 0 Å². The van der Waals surface area contributed by atoms with Crippen LogP contribution < -0.4 is 4.74 Å². The zero-order valence-corrected chi connectivity index (χ0v) is 13.1. The Labute approximate surface area is 138 Å². The average molecular weight is 320 g/mol. The summed E-state index contributed by atoms with van der Waals surface area (Å²) in [5.74, 6) is 1.48. The highest BCUT2D eigenvalue weighted by Gasteiger charge is 2.48. The lowest BCUT2D eigenvalue weighted by Crippen LogP contribution is -2.62. The summed E-state index contributed by atoms with van der Waals surface area (Å²) in [5, 5.41) is 0. The summed E-state index contributed by atoms with van der Waals surface area (Å²) in [6.07, 6.45) is 6.21. The molecule has 0 unspecified atom stereocenters. The topological polar surface area (TPSA) is 59.7 Å². The minimum Gasteiger partial charge on any atom is -0.493 e. The second-order valence-corrected chi connectivity index (χ2v) is 6.69. The number of benzene rings is 1. The zero-order valence-electron chi connectivity index (χ0n) is 13.1. The maximum atomic E-state index is 12.6. The van der Waals surface area contributed by atoms with Crippen LogP contribution in [-0.4, -0.2) is 44.9 Å². The number of hydrogen-bond donors (Lipinski definition) is 0. The molecule has 1 spiro atoms. The molecule has 2 aliphatic heterocycles. The third-order valence-electron chi connectivity index (χ3n) is 4.87. The van der Waals surface area contributed by atoms with Gasteiger partial charge in [-0.05, 0) is 24.1 Å². The highest BCUT2D eigenvalue weighted by Crippen LogP contribution is 2.41. The van der Waals surface area contributed by atoms with E-state index in [9.17, 15) is 4.79 Å². The summed E-state index contributed by atoms with van der Waals surface area (Å²) in [7, 11) is 0. The van der Waals surface area contributed by atoms with E-state index in [-0.39, 0.29) is 11.3 Å². The van der Waals surface area contributed by atoms with E-state index in [2.05, 4.69) is 16.0 Å². The first kappa shape index (κ1) is 13.5. The molecule has 0 radical (unpaired) electrons. The van der Waals surface area contributed by atoms with Gasteiger partial charge in [0.05, 0.1) is 6.61 Å². The number of imidazole rings is 1. The molecule has 6 heteroatoms. The predicted molar refractivity (Wildman–Crippen MR) is 87.0 cm³/mol. The number of ether oxygens (including phenoxy) is 1. The molecule has 6 nitrogen and oxygen atoms in total. The number of rotatable bonds is 1. The number of carbonyl (C=O) groups excluding carboxylic acids is 1. The van der Waals surface area contributed by atoms with Crippen LogP contribution in [0.15, 0.2) is 48.9 Å². The third-order valence-corrected chi connectivity index (χ3v) is 4.87. The van der Waals surface area contributed by atoms with Crippen molar-refractivity contribution in [2.24, 2.45) is 5.41 Å². The van der Waals surface area contributed by atoms with Gasteiger partial charge in [-0.3, -0.25) is 9.20 Å². The van der Waals surface area contributed by atoms with E-state index in [0.29, 0.717) is 31.2 Å². The average Bonchev–Trinajstić information content (AvgIpc) is 3.03. The predicted octanol–water partition coefficient (Wildman–Crippen LogP) is 1.81. The van der Waals surface area contributed by atoms with Crippen molar-refractivity contribution in [2.45, 2.75) is 6.42 Å². The van der Waals surface area contributed by atoms with E-state index in [4.69, 9.17) is 4.74 Å². The van der Waals surface area contributed by atoms with Crippen LogP contribution in [-0.2, 0) is 6.42 Å². The first-order chi connectivity index (χ1) is 11.7. The molecule has 120 valence electrons. The molecule has 2 aliphatic rings. The molecule has 4 heterocycles. The molecule has 24 heavy (non-hydrogen) atoms. The summed E-state index contributed by atoms with van der Waals surface area (Å²) in [6, 6.07) is 9.96. The lowest BCUT2D eigenvalue weighted by atomic mass is 9.74. The van der Waals surface area contributed by atoms with E-state index in [0.717, 1.165) is 12.2 Å². The molecule has 1 fully saturated rings. The Morgan fingerprint density at radius 2 is 2.08 bits per heavy atom. The molecular formula is C18H16N4O2. The molecule has 1 saturated heterocycles. The number of fused-ring (bicyclic) bond motifs is 2. The van der Waals surface area contributed by atoms with Gasteiger partial charge in [0.1, 0.15) is 11.4 Å². The Morgan fingerprint density at radius 1 is 1.21 bits per heavy atom. The number of likely N-dealkylation sites (tertiary alicyclic amines) is 1. The van der Waals surface area contributed by atoms with Gasteiger partial charge in [-0.2, -0.15) is 0 Å². The van der Waals surface area contributed by atoms with Gasteiger partial charge in [-0.25, -0.2) is 9.97 Å². The van der Waals surface area contributed by atoms with Gasteiger partial charge in [-0.1, -0.05) is 18.2 Å². The molecule has 1 amide bonds. The van der Waals surface area contributed by atoms with Crippen molar-refractivity contribution >= 4 is 11.7 Å². The maximum Gasteiger partial charge on any atom is 0.274 e. The number of amides is 1. The zero-order chi connectivity index (χ0) is 16.1. The van der Waals surface area contributed by atoms with Crippen molar-refractivity contribution < 1.29 is 9.53 Å². The van der Waals surface area contributed by atoms with Crippen LogP contribution in [0.5, 0.6) is 5.75 Å². The van der Waals surface area contributed by atoms with Crippen molar-refractivity contribution in [2.75, 3.05) is 19.7 Å². The van der Waals surface area contributed by atoms with Crippen molar-refractivity contribution in [1.82, 2.24) is 19.3 Å². The third kappa shape index (κ3) is 1.99. The van der Waals surface area contributed by atoms with Crippen molar-refractivity contribution in [3.8, 4) is 5.75 Å². The number of hydrogen-bond acceptors (Lipinski definition) is 4. The lowest BCUT2D eigenvalue weighted by molar-refractivity contribution is -0.0293. The van der Waals surface area contributed by atoms with Crippen LogP contribution in [0.1, 0.15) is 16.1 Å². The van der Waals surface area contributed by atoms with Crippen LogP contribution in [0.3, 0.4) is 0 Å². The summed E-state index contributed by atoms with van der Waals surface area (Å²) in [4.78, 5) is 23.0. The number of nitrogens with zero attached hydrogens (tertiary/aromatic N) is 4. The Hall–Kier alpha value is -2.89. The van der Waals surface area contributed by atoms with Crippen molar-refractivity contribution in [1.29, 1.82) is 0 Å². The molecule has 0 saturated carbocycles. The van der Waals surface area contributed by atoms with E-state index in [1.807, 2.05) is 35.4 Å². The Morgan fingerprint density at radius 3 is 2.96 bits per heavy atom. The number of aromatic nitrogens is 3. The second kappa shape index (κ2) is 4.80. The van der Waals surface area contributed by atoms with Crippen LogP contribution in [0.2, 0.25) is 0 Å². The van der Waals surface area contributed by atoms with Crippen LogP contribution in [0.4, 0.5) is 0 Å².